The lowest BCUT2D eigenvalue weighted by molar-refractivity contribution is -0.122. The van der Waals surface area contributed by atoms with Crippen LogP contribution in [0, 0.1) is 0 Å². The summed E-state index contributed by atoms with van der Waals surface area (Å²) in [6.45, 7) is 0.674. The topological polar surface area (TPSA) is 100 Å². The third-order valence-corrected chi connectivity index (χ3v) is 4.61. The number of aromatic amines is 1. The standard InChI is InChI=1S/C20H19N5O3/c1-28-11-18(26)25-8-7-13-10-16(5-6-17(13)25)23-20(27)15-4-2-3-14(9-15)19-21-12-22-24-19/h2-6,9-10,12H,7-8,11H2,1H3,(H,23,27)(H,21,22,24). The van der Waals surface area contributed by atoms with E-state index in [2.05, 4.69) is 20.5 Å². The first-order valence-electron chi connectivity index (χ1n) is 8.85. The fourth-order valence-corrected chi connectivity index (χ4v) is 3.30. The summed E-state index contributed by atoms with van der Waals surface area (Å²) in [6, 6.07) is 12.7. The Morgan fingerprint density at radius 3 is 2.93 bits per heavy atom. The number of methoxy groups -OCH3 is 1. The lowest BCUT2D eigenvalue weighted by atomic mass is 10.1. The molecule has 0 bridgehead atoms. The number of hydrogen-bond acceptors (Lipinski definition) is 5. The zero-order valence-electron chi connectivity index (χ0n) is 15.3. The zero-order valence-corrected chi connectivity index (χ0v) is 15.3. The van der Waals surface area contributed by atoms with Gasteiger partial charge >= 0.3 is 0 Å². The first-order valence-corrected chi connectivity index (χ1v) is 8.85. The molecule has 0 saturated carbocycles. The number of ether oxygens (including phenoxy) is 1. The van der Waals surface area contributed by atoms with Gasteiger partial charge in [-0.05, 0) is 42.3 Å². The second-order valence-corrected chi connectivity index (χ2v) is 6.44. The molecule has 2 aromatic carbocycles. The highest BCUT2D eigenvalue weighted by molar-refractivity contribution is 6.05. The van der Waals surface area contributed by atoms with Crippen LogP contribution in [0.15, 0.2) is 48.8 Å². The van der Waals surface area contributed by atoms with Crippen LogP contribution in [0.3, 0.4) is 0 Å². The minimum Gasteiger partial charge on any atom is -0.375 e. The minimum absolute atomic E-state index is 0.0550. The van der Waals surface area contributed by atoms with Crippen molar-refractivity contribution >= 4 is 23.2 Å². The SMILES string of the molecule is COCC(=O)N1CCc2cc(NC(=O)c3cccc(-c4ncn[nH]4)c3)ccc21. The minimum atomic E-state index is -0.216. The van der Waals surface area contributed by atoms with E-state index in [4.69, 9.17) is 4.74 Å². The van der Waals surface area contributed by atoms with Crippen molar-refractivity contribution in [2.45, 2.75) is 6.42 Å². The summed E-state index contributed by atoms with van der Waals surface area (Å²) in [7, 11) is 1.50. The van der Waals surface area contributed by atoms with Crippen molar-refractivity contribution in [3.63, 3.8) is 0 Å². The molecule has 2 N–H and O–H groups in total. The van der Waals surface area contributed by atoms with Crippen molar-refractivity contribution in [2.75, 3.05) is 30.5 Å². The average Bonchev–Trinajstić information content (AvgIpc) is 3.38. The number of nitrogens with one attached hydrogen (secondary N) is 2. The number of carbonyl (C=O) groups is 2. The number of carbonyl (C=O) groups excluding carboxylic acids is 2. The molecule has 0 fully saturated rings. The number of anilines is 2. The summed E-state index contributed by atoms with van der Waals surface area (Å²) in [5.41, 5.74) is 3.89. The molecule has 0 radical (unpaired) electrons. The Kier molecular flexibility index (Phi) is 4.86. The average molecular weight is 377 g/mol. The van der Waals surface area contributed by atoms with E-state index in [0.29, 0.717) is 23.6 Å². The van der Waals surface area contributed by atoms with E-state index >= 15 is 0 Å². The van der Waals surface area contributed by atoms with Crippen LogP contribution in [-0.2, 0) is 16.0 Å². The van der Waals surface area contributed by atoms with Gasteiger partial charge in [0.25, 0.3) is 11.8 Å². The Morgan fingerprint density at radius 2 is 2.14 bits per heavy atom. The van der Waals surface area contributed by atoms with E-state index in [0.717, 1.165) is 23.2 Å². The van der Waals surface area contributed by atoms with Gasteiger partial charge in [0.05, 0.1) is 0 Å². The van der Waals surface area contributed by atoms with Crippen LogP contribution in [0.2, 0.25) is 0 Å². The number of hydrogen-bond donors (Lipinski definition) is 2. The summed E-state index contributed by atoms with van der Waals surface area (Å²) < 4.78 is 4.93. The number of amides is 2. The summed E-state index contributed by atoms with van der Waals surface area (Å²) in [4.78, 5) is 30.6. The molecule has 4 rings (SSSR count). The van der Waals surface area contributed by atoms with E-state index in [1.54, 1.807) is 29.2 Å². The predicted octanol–water partition coefficient (Wildman–Crippen LogP) is 2.26. The molecule has 1 aliphatic rings. The monoisotopic (exact) mass is 377 g/mol. The first-order chi connectivity index (χ1) is 13.7. The second-order valence-electron chi connectivity index (χ2n) is 6.44. The van der Waals surface area contributed by atoms with Crippen molar-refractivity contribution < 1.29 is 14.3 Å². The molecular formula is C20H19N5O3. The summed E-state index contributed by atoms with van der Waals surface area (Å²) in [6.07, 6.45) is 2.17. The summed E-state index contributed by atoms with van der Waals surface area (Å²) in [5, 5.41) is 9.53. The van der Waals surface area contributed by atoms with Gasteiger partial charge in [0.15, 0.2) is 5.82 Å². The Morgan fingerprint density at radius 1 is 1.25 bits per heavy atom. The molecular weight excluding hydrogens is 358 g/mol. The van der Waals surface area contributed by atoms with Crippen LogP contribution in [0.4, 0.5) is 11.4 Å². The van der Waals surface area contributed by atoms with Gasteiger partial charge in [-0.3, -0.25) is 14.7 Å². The van der Waals surface area contributed by atoms with Crippen LogP contribution in [-0.4, -0.2) is 47.3 Å². The number of rotatable bonds is 5. The van der Waals surface area contributed by atoms with Crippen molar-refractivity contribution in [2.24, 2.45) is 0 Å². The molecule has 0 unspecified atom stereocenters. The third-order valence-electron chi connectivity index (χ3n) is 4.61. The van der Waals surface area contributed by atoms with Gasteiger partial charge in [-0.15, -0.1) is 0 Å². The maximum Gasteiger partial charge on any atom is 0.255 e. The van der Waals surface area contributed by atoms with E-state index in [1.165, 1.54) is 13.4 Å². The van der Waals surface area contributed by atoms with Crippen LogP contribution in [0.25, 0.3) is 11.4 Å². The molecule has 142 valence electrons. The molecule has 1 aromatic heterocycles. The molecule has 2 heterocycles. The highest BCUT2D eigenvalue weighted by atomic mass is 16.5. The van der Waals surface area contributed by atoms with Crippen molar-refractivity contribution in [1.82, 2.24) is 15.2 Å². The van der Waals surface area contributed by atoms with E-state index < -0.39 is 0 Å². The second kappa shape index (κ2) is 7.61. The smallest absolute Gasteiger partial charge is 0.255 e. The fraction of sp³-hybridized carbons (Fsp3) is 0.200. The van der Waals surface area contributed by atoms with Gasteiger partial charge in [0, 0.05) is 36.2 Å². The number of H-pyrrole nitrogens is 1. The largest absolute Gasteiger partial charge is 0.375 e. The van der Waals surface area contributed by atoms with E-state index in [-0.39, 0.29) is 18.4 Å². The zero-order chi connectivity index (χ0) is 19.5. The molecule has 3 aromatic rings. The highest BCUT2D eigenvalue weighted by Crippen LogP contribution is 2.30. The third kappa shape index (κ3) is 3.49. The van der Waals surface area contributed by atoms with Crippen molar-refractivity contribution in [3.05, 3.63) is 59.9 Å². The number of benzene rings is 2. The molecule has 2 amide bonds. The lowest BCUT2D eigenvalue weighted by Crippen LogP contribution is -2.31. The molecule has 8 nitrogen and oxygen atoms in total. The predicted molar refractivity (Wildman–Crippen MR) is 104 cm³/mol. The molecule has 8 heteroatoms. The van der Waals surface area contributed by atoms with Crippen molar-refractivity contribution in [1.29, 1.82) is 0 Å². The maximum absolute atomic E-state index is 12.7. The highest BCUT2D eigenvalue weighted by Gasteiger charge is 2.24. The summed E-state index contributed by atoms with van der Waals surface area (Å²) in [5.74, 6) is 0.321. The van der Waals surface area contributed by atoms with Gasteiger partial charge in [0.2, 0.25) is 0 Å². The van der Waals surface area contributed by atoms with Gasteiger partial charge in [-0.2, -0.15) is 5.10 Å². The van der Waals surface area contributed by atoms with Gasteiger partial charge in [-0.25, -0.2) is 4.98 Å². The molecule has 0 atom stereocenters. The molecule has 0 aliphatic carbocycles. The van der Waals surface area contributed by atoms with Crippen LogP contribution in [0.5, 0.6) is 0 Å². The first kappa shape index (κ1) is 17.9. The fourth-order valence-electron chi connectivity index (χ4n) is 3.30. The number of fused-ring (bicyclic) bond motifs is 1. The molecule has 1 aliphatic heterocycles. The Balaban J connectivity index is 1.50. The quantitative estimate of drug-likeness (QED) is 0.710. The number of aromatic nitrogens is 3. The van der Waals surface area contributed by atoms with Gasteiger partial charge < -0.3 is 15.0 Å². The normalized spacial score (nSPS) is 12.7. The van der Waals surface area contributed by atoms with E-state index in [1.807, 2.05) is 18.2 Å². The lowest BCUT2D eigenvalue weighted by Gasteiger charge is -2.17. The van der Waals surface area contributed by atoms with Gasteiger partial charge in [-0.1, -0.05) is 12.1 Å². The number of nitrogens with zero attached hydrogens (tertiary/aromatic N) is 3. The Bertz CT molecular complexity index is 1020. The van der Waals surface area contributed by atoms with Crippen LogP contribution < -0.4 is 10.2 Å². The van der Waals surface area contributed by atoms with E-state index in [9.17, 15) is 9.59 Å². The molecule has 0 spiro atoms. The maximum atomic E-state index is 12.7. The molecule has 28 heavy (non-hydrogen) atoms. The van der Waals surface area contributed by atoms with Crippen LogP contribution in [0.1, 0.15) is 15.9 Å². The Hall–Kier alpha value is -3.52. The molecule has 0 saturated heterocycles. The van der Waals surface area contributed by atoms with Gasteiger partial charge in [0.1, 0.15) is 12.9 Å². The summed E-state index contributed by atoms with van der Waals surface area (Å²) >= 11 is 0. The Labute approximate surface area is 161 Å². The van der Waals surface area contributed by atoms with Crippen LogP contribution >= 0.6 is 0 Å². The van der Waals surface area contributed by atoms with Crippen molar-refractivity contribution in [3.8, 4) is 11.4 Å².